The molecule has 0 saturated heterocycles. The highest BCUT2D eigenvalue weighted by Gasteiger charge is 2.42. The van der Waals surface area contributed by atoms with E-state index in [9.17, 15) is 14.4 Å². The maximum Gasteiger partial charge on any atom is 0.310 e. The largest absolute Gasteiger partial charge is 0.469 e. The van der Waals surface area contributed by atoms with Crippen LogP contribution in [-0.4, -0.2) is 31.9 Å². The lowest BCUT2D eigenvalue weighted by Crippen LogP contribution is -2.38. The molecule has 22 heavy (non-hydrogen) atoms. The third kappa shape index (κ3) is 3.42. The number of ether oxygens (including phenoxy) is 2. The van der Waals surface area contributed by atoms with Crippen molar-refractivity contribution in [2.24, 2.45) is 11.8 Å². The maximum atomic E-state index is 12.3. The molecule has 0 aromatic heterocycles. The number of hydrogen-bond acceptors (Lipinski definition) is 5. The first-order valence-corrected chi connectivity index (χ1v) is 7.01. The third-order valence-electron chi connectivity index (χ3n) is 3.84. The minimum absolute atomic E-state index is 0.0366. The summed E-state index contributed by atoms with van der Waals surface area (Å²) in [6.45, 7) is 0. The van der Waals surface area contributed by atoms with Gasteiger partial charge in [0, 0.05) is 6.42 Å². The number of rotatable bonds is 3. The van der Waals surface area contributed by atoms with E-state index < -0.39 is 23.8 Å². The molecule has 1 aliphatic carbocycles. The van der Waals surface area contributed by atoms with Gasteiger partial charge in [0.25, 0.3) is 0 Å². The van der Waals surface area contributed by atoms with Crippen LogP contribution in [0.1, 0.15) is 18.4 Å². The highest BCUT2D eigenvalue weighted by molar-refractivity contribution is 6.04. The van der Waals surface area contributed by atoms with Gasteiger partial charge >= 0.3 is 11.9 Å². The molecule has 0 spiro atoms. The molecule has 1 aliphatic rings. The molecule has 1 aromatic carbocycles. The van der Waals surface area contributed by atoms with E-state index in [2.05, 4.69) is 0 Å². The molecule has 0 unspecified atom stereocenters. The van der Waals surface area contributed by atoms with Crippen molar-refractivity contribution in [3.63, 3.8) is 0 Å². The standard InChI is InChI=1S/C17H18O5/c1-21-16(19)13-9-12(8-11-6-4-3-5-7-11)15(18)10-14(13)17(20)22-2/h3-8,13-14H,9-10H2,1-2H3/b12-8+/t13-,14-/m1/s1. The topological polar surface area (TPSA) is 69.7 Å². The first-order chi connectivity index (χ1) is 10.6. The van der Waals surface area contributed by atoms with E-state index in [1.165, 1.54) is 14.2 Å². The van der Waals surface area contributed by atoms with Gasteiger partial charge in [-0.25, -0.2) is 0 Å². The van der Waals surface area contributed by atoms with Gasteiger partial charge in [-0.3, -0.25) is 14.4 Å². The lowest BCUT2D eigenvalue weighted by molar-refractivity contribution is -0.159. The summed E-state index contributed by atoms with van der Waals surface area (Å²) >= 11 is 0. The summed E-state index contributed by atoms with van der Waals surface area (Å²) in [4.78, 5) is 36.0. The summed E-state index contributed by atoms with van der Waals surface area (Å²) in [7, 11) is 2.52. The Morgan fingerprint density at radius 3 is 2.09 bits per heavy atom. The molecular weight excluding hydrogens is 284 g/mol. The van der Waals surface area contributed by atoms with Gasteiger partial charge in [0.1, 0.15) is 0 Å². The van der Waals surface area contributed by atoms with Crippen molar-refractivity contribution in [2.75, 3.05) is 14.2 Å². The second-order valence-electron chi connectivity index (χ2n) is 5.17. The number of Topliss-reactive ketones (excluding diaryl/α,β-unsaturated/α-hetero) is 1. The molecule has 0 heterocycles. The molecule has 116 valence electrons. The second-order valence-corrected chi connectivity index (χ2v) is 5.17. The quantitative estimate of drug-likeness (QED) is 0.631. The van der Waals surface area contributed by atoms with Crippen LogP contribution in [0, 0.1) is 11.8 Å². The zero-order valence-corrected chi connectivity index (χ0v) is 12.6. The van der Waals surface area contributed by atoms with Gasteiger partial charge in [-0.1, -0.05) is 30.3 Å². The molecule has 2 atom stereocenters. The van der Waals surface area contributed by atoms with Crippen LogP contribution in [-0.2, 0) is 23.9 Å². The van der Waals surface area contributed by atoms with E-state index in [0.29, 0.717) is 5.57 Å². The number of ketones is 1. The van der Waals surface area contributed by atoms with Crippen LogP contribution < -0.4 is 0 Å². The average molecular weight is 302 g/mol. The molecule has 1 saturated carbocycles. The first-order valence-electron chi connectivity index (χ1n) is 7.01. The fraction of sp³-hybridized carbons (Fsp3) is 0.353. The summed E-state index contributed by atoms with van der Waals surface area (Å²) in [6, 6.07) is 9.37. The van der Waals surface area contributed by atoms with Crippen LogP contribution in [0.4, 0.5) is 0 Å². The Hall–Kier alpha value is -2.43. The van der Waals surface area contributed by atoms with Crippen molar-refractivity contribution in [1.82, 2.24) is 0 Å². The number of methoxy groups -OCH3 is 2. The van der Waals surface area contributed by atoms with Crippen molar-refractivity contribution >= 4 is 23.8 Å². The van der Waals surface area contributed by atoms with Crippen LogP contribution >= 0.6 is 0 Å². The monoisotopic (exact) mass is 302 g/mol. The van der Waals surface area contributed by atoms with Crippen LogP contribution in [0.5, 0.6) is 0 Å². The Bertz CT molecular complexity index is 603. The van der Waals surface area contributed by atoms with E-state index in [1.54, 1.807) is 6.08 Å². The minimum atomic E-state index is -0.780. The zero-order chi connectivity index (χ0) is 16.1. The normalized spacial score (nSPS) is 23.2. The number of esters is 2. The fourth-order valence-corrected chi connectivity index (χ4v) is 2.65. The smallest absolute Gasteiger partial charge is 0.310 e. The molecule has 0 aliphatic heterocycles. The van der Waals surface area contributed by atoms with Crippen molar-refractivity contribution in [3.8, 4) is 0 Å². The SMILES string of the molecule is COC(=O)[C@@H]1CC(=O)/C(=C/c2ccccc2)C[C@H]1C(=O)OC. The molecule has 1 aromatic rings. The Labute approximate surface area is 128 Å². The highest BCUT2D eigenvalue weighted by Crippen LogP contribution is 2.34. The van der Waals surface area contributed by atoms with Crippen LogP contribution in [0.3, 0.4) is 0 Å². The van der Waals surface area contributed by atoms with Crippen molar-refractivity contribution in [1.29, 1.82) is 0 Å². The van der Waals surface area contributed by atoms with Crippen LogP contribution in [0.2, 0.25) is 0 Å². The van der Waals surface area contributed by atoms with Gasteiger partial charge in [-0.2, -0.15) is 0 Å². The van der Waals surface area contributed by atoms with Gasteiger partial charge in [0.2, 0.25) is 0 Å². The summed E-state index contributed by atoms with van der Waals surface area (Å²) in [5.41, 5.74) is 1.41. The second kappa shape index (κ2) is 7.02. The lowest BCUT2D eigenvalue weighted by Gasteiger charge is -2.28. The number of allylic oxidation sites excluding steroid dienone is 1. The summed E-state index contributed by atoms with van der Waals surface area (Å²) in [5, 5.41) is 0. The van der Waals surface area contributed by atoms with Gasteiger partial charge in [0.15, 0.2) is 5.78 Å². The lowest BCUT2D eigenvalue weighted by atomic mass is 9.75. The molecule has 0 amide bonds. The predicted molar refractivity (Wildman–Crippen MR) is 79.7 cm³/mol. The minimum Gasteiger partial charge on any atom is -0.469 e. The molecule has 1 fully saturated rings. The Kier molecular flexibility index (Phi) is 5.09. The molecule has 0 radical (unpaired) electrons. The van der Waals surface area contributed by atoms with Gasteiger partial charge in [-0.15, -0.1) is 0 Å². The van der Waals surface area contributed by atoms with Crippen molar-refractivity contribution in [3.05, 3.63) is 41.5 Å². The van der Waals surface area contributed by atoms with Crippen molar-refractivity contribution in [2.45, 2.75) is 12.8 Å². The Morgan fingerprint density at radius 1 is 1.00 bits per heavy atom. The van der Waals surface area contributed by atoms with Gasteiger partial charge < -0.3 is 9.47 Å². The summed E-state index contributed by atoms with van der Waals surface area (Å²) < 4.78 is 9.46. The predicted octanol–water partition coefficient (Wildman–Crippen LogP) is 2.01. The van der Waals surface area contributed by atoms with E-state index in [4.69, 9.17) is 9.47 Å². The average Bonchev–Trinajstić information content (AvgIpc) is 2.55. The van der Waals surface area contributed by atoms with Crippen LogP contribution in [0.15, 0.2) is 35.9 Å². The number of carbonyl (C=O) groups is 3. The van der Waals surface area contributed by atoms with Crippen molar-refractivity contribution < 1.29 is 23.9 Å². The first kappa shape index (κ1) is 15.9. The maximum absolute atomic E-state index is 12.3. The summed E-state index contributed by atoms with van der Waals surface area (Å²) in [6.07, 6.45) is 1.90. The Balaban J connectivity index is 2.30. The zero-order valence-electron chi connectivity index (χ0n) is 12.6. The van der Waals surface area contributed by atoms with E-state index in [-0.39, 0.29) is 18.6 Å². The van der Waals surface area contributed by atoms with E-state index >= 15 is 0 Å². The van der Waals surface area contributed by atoms with Crippen LogP contribution in [0.25, 0.3) is 6.08 Å². The molecule has 5 heteroatoms. The molecule has 0 N–H and O–H groups in total. The molecule has 0 bridgehead atoms. The summed E-state index contributed by atoms with van der Waals surface area (Å²) in [5.74, 6) is -2.66. The third-order valence-corrected chi connectivity index (χ3v) is 3.84. The molecule has 5 nitrogen and oxygen atoms in total. The van der Waals surface area contributed by atoms with Gasteiger partial charge in [0.05, 0.1) is 26.1 Å². The number of hydrogen-bond donors (Lipinski definition) is 0. The fourth-order valence-electron chi connectivity index (χ4n) is 2.65. The van der Waals surface area contributed by atoms with E-state index in [0.717, 1.165) is 5.56 Å². The Morgan fingerprint density at radius 2 is 1.55 bits per heavy atom. The molecular formula is C17H18O5. The van der Waals surface area contributed by atoms with E-state index in [1.807, 2.05) is 30.3 Å². The number of benzene rings is 1. The number of carbonyl (C=O) groups excluding carboxylic acids is 3. The molecule has 2 rings (SSSR count). The highest BCUT2D eigenvalue weighted by atomic mass is 16.5. The van der Waals surface area contributed by atoms with Gasteiger partial charge in [-0.05, 0) is 23.6 Å².